The van der Waals surface area contributed by atoms with Crippen LogP contribution in [0, 0.1) is 0 Å². The normalized spacial score (nSPS) is 17.7. The quantitative estimate of drug-likeness (QED) is 0.469. The van der Waals surface area contributed by atoms with Crippen LogP contribution in [0.1, 0.15) is 56.1 Å². The lowest BCUT2D eigenvalue weighted by Crippen LogP contribution is -2.15. The van der Waals surface area contributed by atoms with E-state index in [-0.39, 0.29) is 23.5 Å². The Morgan fingerprint density at radius 3 is 1.81 bits per heavy atom. The third-order valence-corrected chi connectivity index (χ3v) is 6.06. The molecule has 0 aromatic heterocycles. The zero-order valence-corrected chi connectivity index (χ0v) is 16.4. The van der Waals surface area contributed by atoms with Crippen molar-refractivity contribution in [2.45, 2.75) is 61.5 Å². The van der Waals surface area contributed by atoms with E-state index < -0.39 is 0 Å². The van der Waals surface area contributed by atoms with Crippen molar-refractivity contribution in [3.05, 3.63) is 65.7 Å². The molecule has 0 aliphatic heterocycles. The topological polar surface area (TPSA) is 0 Å². The second kappa shape index (κ2) is 15.5. The van der Waals surface area contributed by atoms with Gasteiger partial charge in [0.2, 0.25) is 0 Å². The molecular formula is C21H31F5S. The summed E-state index contributed by atoms with van der Waals surface area (Å²) in [5, 5.41) is 0.804. The highest BCUT2D eigenvalue weighted by Crippen LogP contribution is 2.39. The Hall–Kier alpha value is -1.56. The molecule has 0 nitrogen and oxygen atoms in total. The molecule has 27 heavy (non-hydrogen) atoms. The molecule has 6 heteroatoms. The maximum atomic E-state index is 2.38. The van der Waals surface area contributed by atoms with E-state index in [1.165, 1.54) is 49.0 Å². The fraction of sp³-hybridized carbons (Fsp3) is 0.429. The molecule has 1 aliphatic rings. The van der Waals surface area contributed by atoms with Gasteiger partial charge >= 0.3 is 0 Å². The van der Waals surface area contributed by atoms with E-state index in [0.29, 0.717) is 0 Å². The highest BCUT2D eigenvalue weighted by molar-refractivity contribution is 8.00. The van der Waals surface area contributed by atoms with Crippen LogP contribution in [0.4, 0.5) is 23.5 Å². The number of aryl methyl sites for hydroxylation is 1. The molecule has 0 radical (unpaired) electrons. The molecule has 1 saturated carbocycles. The summed E-state index contributed by atoms with van der Waals surface area (Å²) in [4.78, 5) is 1.43. The number of rotatable bonds is 5. The predicted molar refractivity (Wildman–Crippen MR) is 110 cm³/mol. The third-order valence-electron chi connectivity index (χ3n) is 4.71. The van der Waals surface area contributed by atoms with Crippen LogP contribution in [0.15, 0.2) is 59.5 Å². The first kappa shape index (κ1) is 30.2. The molecule has 1 fully saturated rings. The van der Waals surface area contributed by atoms with Gasteiger partial charge in [-0.1, -0.05) is 55.8 Å². The summed E-state index contributed by atoms with van der Waals surface area (Å²) in [6.45, 7) is 2.25. The van der Waals surface area contributed by atoms with Crippen molar-refractivity contribution in [1.82, 2.24) is 0 Å². The summed E-state index contributed by atoms with van der Waals surface area (Å²) < 4.78 is 0. The molecule has 2 aromatic rings. The molecule has 0 heterocycles. The first-order valence-corrected chi connectivity index (χ1v) is 9.53. The van der Waals surface area contributed by atoms with Gasteiger partial charge in [0.1, 0.15) is 0 Å². The zero-order valence-electron chi connectivity index (χ0n) is 15.5. The van der Waals surface area contributed by atoms with E-state index in [0.717, 1.165) is 11.2 Å². The number of halogens is 5. The fourth-order valence-electron chi connectivity index (χ4n) is 3.45. The second-order valence-electron chi connectivity index (χ2n) is 6.40. The summed E-state index contributed by atoms with van der Waals surface area (Å²) in [7, 11) is 0. The van der Waals surface area contributed by atoms with Gasteiger partial charge in [0.15, 0.2) is 0 Å². The van der Waals surface area contributed by atoms with E-state index in [1.807, 2.05) is 0 Å². The summed E-state index contributed by atoms with van der Waals surface area (Å²) in [5.41, 5.74) is 3.04. The molecule has 0 bridgehead atoms. The third kappa shape index (κ3) is 8.78. The van der Waals surface area contributed by atoms with Crippen molar-refractivity contribution < 1.29 is 23.5 Å². The fourth-order valence-corrected chi connectivity index (χ4v) is 4.66. The summed E-state index contributed by atoms with van der Waals surface area (Å²) in [6, 6.07) is 20.3. The molecule has 0 saturated heterocycles. The summed E-state index contributed by atoms with van der Waals surface area (Å²) in [6.07, 6.45) is 7.83. The van der Waals surface area contributed by atoms with Gasteiger partial charge in [-0.3, -0.25) is 23.5 Å². The summed E-state index contributed by atoms with van der Waals surface area (Å²) >= 11 is 2.07. The molecule has 0 amide bonds. The van der Waals surface area contributed by atoms with Gasteiger partial charge in [0.25, 0.3) is 0 Å². The number of benzene rings is 2. The van der Waals surface area contributed by atoms with Crippen LogP contribution in [-0.4, -0.2) is 5.25 Å². The SMILES string of the molecule is CCCc1ccc(C2CCC(Sc3ccccc3)CC2)cc1.F.F.F.F.F. The van der Waals surface area contributed by atoms with Crippen LogP contribution in [-0.2, 0) is 6.42 Å². The van der Waals surface area contributed by atoms with Gasteiger partial charge in [0, 0.05) is 10.1 Å². The van der Waals surface area contributed by atoms with Crippen LogP contribution in [0.25, 0.3) is 0 Å². The van der Waals surface area contributed by atoms with Gasteiger partial charge < -0.3 is 0 Å². The zero-order chi connectivity index (χ0) is 15.2. The average Bonchev–Trinajstić information content (AvgIpc) is 2.58. The molecule has 2 aromatic carbocycles. The lowest BCUT2D eigenvalue weighted by Gasteiger charge is -2.28. The van der Waals surface area contributed by atoms with Crippen LogP contribution in [0.2, 0.25) is 0 Å². The van der Waals surface area contributed by atoms with Crippen LogP contribution < -0.4 is 0 Å². The number of hydrogen-bond acceptors (Lipinski definition) is 1. The Balaban J connectivity index is -0.00000115. The lowest BCUT2D eigenvalue weighted by molar-refractivity contribution is 0.453. The minimum Gasteiger partial charge on any atom is -0.269 e. The minimum atomic E-state index is 0. The van der Waals surface area contributed by atoms with Crippen LogP contribution in [0.3, 0.4) is 0 Å². The van der Waals surface area contributed by atoms with Gasteiger partial charge in [0.05, 0.1) is 0 Å². The highest BCUT2D eigenvalue weighted by atomic mass is 32.2. The van der Waals surface area contributed by atoms with Gasteiger partial charge in [-0.2, -0.15) is 0 Å². The number of hydrogen-bond donors (Lipinski definition) is 0. The van der Waals surface area contributed by atoms with Crippen molar-refractivity contribution in [2.75, 3.05) is 0 Å². The Morgan fingerprint density at radius 2 is 1.30 bits per heavy atom. The highest BCUT2D eigenvalue weighted by Gasteiger charge is 2.22. The second-order valence-corrected chi connectivity index (χ2v) is 7.77. The lowest BCUT2D eigenvalue weighted by atomic mass is 9.83. The summed E-state index contributed by atoms with van der Waals surface area (Å²) in [5.74, 6) is 0.781. The molecule has 0 spiro atoms. The van der Waals surface area contributed by atoms with E-state index in [9.17, 15) is 0 Å². The van der Waals surface area contributed by atoms with E-state index in [1.54, 1.807) is 5.56 Å². The average molecular weight is 411 g/mol. The largest absolute Gasteiger partial charge is 0.269 e. The van der Waals surface area contributed by atoms with E-state index in [2.05, 4.69) is 73.3 Å². The first-order valence-electron chi connectivity index (χ1n) is 8.65. The molecule has 0 N–H and O–H groups in total. The molecule has 1 aliphatic carbocycles. The minimum absolute atomic E-state index is 0. The Bertz CT molecular complexity index is 569. The van der Waals surface area contributed by atoms with Gasteiger partial charge in [-0.15, -0.1) is 11.8 Å². The van der Waals surface area contributed by atoms with Gasteiger partial charge in [-0.25, -0.2) is 0 Å². The molecule has 0 atom stereocenters. The van der Waals surface area contributed by atoms with Crippen molar-refractivity contribution in [3.8, 4) is 0 Å². The smallest absolute Gasteiger partial charge is 0.00948 e. The molecule has 156 valence electrons. The maximum Gasteiger partial charge on any atom is 0.00948 e. The number of thioether (sulfide) groups is 1. The van der Waals surface area contributed by atoms with Crippen molar-refractivity contribution >= 4 is 11.8 Å². The Morgan fingerprint density at radius 1 is 0.741 bits per heavy atom. The van der Waals surface area contributed by atoms with Crippen molar-refractivity contribution in [2.24, 2.45) is 0 Å². The monoisotopic (exact) mass is 410 g/mol. The van der Waals surface area contributed by atoms with Crippen molar-refractivity contribution in [1.29, 1.82) is 0 Å². The maximum absolute atomic E-state index is 2.38. The van der Waals surface area contributed by atoms with Gasteiger partial charge in [-0.05, 0) is 61.3 Å². The van der Waals surface area contributed by atoms with E-state index in [4.69, 9.17) is 0 Å². The molecule has 3 rings (SSSR count). The first-order chi connectivity index (χ1) is 10.8. The van der Waals surface area contributed by atoms with E-state index >= 15 is 0 Å². The predicted octanol–water partition coefficient (Wildman–Crippen LogP) is 7.22. The van der Waals surface area contributed by atoms with Crippen molar-refractivity contribution in [3.63, 3.8) is 0 Å². The van der Waals surface area contributed by atoms with Crippen LogP contribution >= 0.6 is 11.8 Å². The Kier molecular flexibility index (Phi) is 17.3. The van der Waals surface area contributed by atoms with Crippen LogP contribution in [0.5, 0.6) is 0 Å². The Labute approximate surface area is 163 Å². The standard InChI is InChI=1S/C21H26S.5FH/c1-2-6-17-9-11-18(12-10-17)19-13-15-21(16-14-19)22-20-7-4-3-5-8-20;;;;;/h3-5,7-12,19,21H,2,6,13-16H2,1H3;5*1H. The molecular weight excluding hydrogens is 379 g/mol. The molecule has 0 unspecified atom stereocenters.